The summed E-state index contributed by atoms with van der Waals surface area (Å²) in [4.78, 5) is 5.60. The first-order chi connectivity index (χ1) is 10.1. The lowest BCUT2D eigenvalue weighted by atomic mass is 10.0. The van der Waals surface area contributed by atoms with E-state index in [-0.39, 0.29) is 6.04 Å². The first-order valence-electron chi connectivity index (χ1n) is 7.70. The van der Waals surface area contributed by atoms with E-state index in [1.54, 1.807) is 18.4 Å². The van der Waals surface area contributed by atoms with Gasteiger partial charge in [-0.3, -0.25) is 4.99 Å². The second-order valence-corrected chi connectivity index (χ2v) is 6.39. The molecule has 0 saturated carbocycles. The summed E-state index contributed by atoms with van der Waals surface area (Å²) in [6.45, 7) is 10.2. The van der Waals surface area contributed by atoms with Crippen LogP contribution in [0.2, 0.25) is 0 Å². The van der Waals surface area contributed by atoms with E-state index in [4.69, 9.17) is 4.74 Å². The third-order valence-electron chi connectivity index (χ3n) is 3.39. The Morgan fingerprint density at radius 2 is 2.14 bits per heavy atom. The van der Waals surface area contributed by atoms with Gasteiger partial charge < -0.3 is 15.4 Å². The monoisotopic (exact) mass is 311 g/mol. The molecule has 1 aromatic rings. The van der Waals surface area contributed by atoms with E-state index in [2.05, 4.69) is 53.9 Å². The van der Waals surface area contributed by atoms with E-state index in [1.807, 2.05) is 6.92 Å². The molecule has 21 heavy (non-hydrogen) atoms. The Labute approximate surface area is 133 Å². The molecule has 2 N–H and O–H groups in total. The highest BCUT2D eigenvalue weighted by atomic mass is 32.1. The van der Waals surface area contributed by atoms with E-state index in [0.717, 1.165) is 25.5 Å². The molecule has 5 heteroatoms. The minimum absolute atomic E-state index is 0.268. The predicted octanol–water partition coefficient (Wildman–Crippen LogP) is 3.43. The standard InChI is InChI=1S/C16H29N3OS/c1-6-20-14(12(2)3)9-10-18-16(17-5)19-13(4)15-8-7-11-21-15/h7-8,11-14H,6,9-10H2,1-5H3,(H2,17,18,19). The maximum absolute atomic E-state index is 5.76. The Bertz CT molecular complexity index is 404. The number of hydrogen-bond donors (Lipinski definition) is 2. The summed E-state index contributed by atoms with van der Waals surface area (Å²) >= 11 is 1.76. The van der Waals surface area contributed by atoms with Gasteiger partial charge in [0.25, 0.3) is 0 Å². The van der Waals surface area contributed by atoms with E-state index in [9.17, 15) is 0 Å². The van der Waals surface area contributed by atoms with Gasteiger partial charge in [0.05, 0.1) is 12.1 Å². The number of aliphatic imine (C=N–C) groups is 1. The molecule has 1 rings (SSSR count). The van der Waals surface area contributed by atoms with Crippen LogP contribution in [0.1, 0.15) is 45.0 Å². The van der Waals surface area contributed by atoms with Gasteiger partial charge in [0, 0.05) is 25.1 Å². The molecule has 0 bridgehead atoms. The van der Waals surface area contributed by atoms with Gasteiger partial charge in [0.1, 0.15) is 0 Å². The summed E-state index contributed by atoms with van der Waals surface area (Å²) < 4.78 is 5.76. The summed E-state index contributed by atoms with van der Waals surface area (Å²) in [7, 11) is 1.80. The fourth-order valence-electron chi connectivity index (χ4n) is 2.16. The van der Waals surface area contributed by atoms with Crippen LogP contribution in [0.15, 0.2) is 22.5 Å². The second kappa shape index (κ2) is 9.79. The van der Waals surface area contributed by atoms with Gasteiger partial charge >= 0.3 is 0 Å². The average molecular weight is 311 g/mol. The minimum atomic E-state index is 0.268. The number of nitrogens with zero attached hydrogens (tertiary/aromatic N) is 1. The first-order valence-corrected chi connectivity index (χ1v) is 8.58. The van der Waals surface area contributed by atoms with Crippen molar-refractivity contribution in [2.45, 2.75) is 46.3 Å². The zero-order valence-electron chi connectivity index (χ0n) is 13.8. The largest absolute Gasteiger partial charge is 0.378 e. The van der Waals surface area contributed by atoms with Crippen LogP contribution in [0.5, 0.6) is 0 Å². The maximum atomic E-state index is 5.76. The van der Waals surface area contributed by atoms with Crippen LogP contribution in [0.4, 0.5) is 0 Å². The number of nitrogens with one attached hydrogen (secondary N) is 2. The van der Waals surface area contributed by atoms with E-state index in [1.165, 1.54) is 4.88 Å². The van der Waals surface area contributed by atoms with Gasteiger partial charge in [-0.05, 0) is 37.6 Å². The molecule has 0 saturated heterocycles. The molecule has 0 radical (unpaired) electrons. The molecule has 0 fully saturated rings. The minimum Gasteiger partial charge on any atom is -0.378 e. The summed E-state index contributed by atoms with van der Waals surface area (Å²) in [5, 5.41) is 8.88. The number of ether oxygens (including phenoxy) is 1. The van der Waals surface area contributed by atoms with E-state index >= 15 is 0 Å². The smallest absolute Gasteiger partial charge is 0.191 e. The second-order valence-electron chi connectivity index (χ2n) is 5.41. The Hall–Kier alpha value is -1.07. The molecule has 0 aliphatic heterocycles. The van der Waals surface area contributed by atoms with Crippen LogP contribution >= 0.6 is 11.3 Å². The van der Waals surface area contributed by atoms with Crippen molar-refractivity contribution in [1.82, 2.24) is 10.6 Å². The van der Waals surface area contributed by atoms with Crippen LogP contribution < -0.4 is 10.6 Å². The Kier molecular flexibility index (Phi) is 8.38. The summed E-state index contributed by atoms with van der Waals surface area (Å²) in [6, 6.07) is 4.48. The molecule has 0 aliphatic rings. The molecule has 0 amide bonds. The van der Waals surface area contributed by atoms with E-state index < -0.39 is 0 Å². The SMILES string of the molecule is CCOC(CCNC(=NC)NC(C)c1cccs1)C(C)C. The first kappa shape index (κ1) is 18.0. The fourth-order valence-corrected chi connectivity index (χ4v) is 2.90. The lowest BCUT2D eigenvalue weighted by molar-refractivity contribution is 0.0258. The summed E-state index contributed by atoms with van der Waals surface area (Å²) in [5.41, 5.74) is 0. The van der Waals surface area contributed by atoms with Crippen LogP contribution in [-0.4, -0.2) is 32.3 Å². The van der Waals surface area contributed by atoms with Gasteiger partial charge in [0.2, 0.25) is 0 Å². The van der Waals surface area contributed by atoms with Crippen molar-refractivity contribution in [1.29, 1.82) is 0 Å². The fraction of sp³-hybridized carbons (Fsp3) is 0.688. The van der Waals surface area contributed by atoms with Crippen molar-refractivity contribution >= 4 is 17.3 Å². The van der Waals surface area contributed by atoms with Gasteiger partial charge in [0.15, 0.2) is 5.96 Å². The molecule has 1 aromatic heterocycles. The third kappa shape index (κ3) is 6.48. The van der Waals surface area contributed by atoms with Crippen LogP contribution in [0, 0.1) is 5.92 Å². The molecule has 0 aromatic carbocycles. The molecular weight excluding hydrogens is 282 g/mol. The van der Waals surface area contributed by atoms with Crippen molar-refractivity contribution in [3.8, 4) is 0 Å². The van der Waals surface area contributed by atoms with Crippen molar-refractivity contribution in [3.63, 3.8) is 0 Å². The van der Waals surface area contributed by atoms with Crippen molar-refractivity contribution in [2.75, 3.05) is 20.2 Å². The molecule has 120 valence electrons. The lowest BCUT2D eigenvalue weighted by Gasteiger charge is -2.22. The van der Waals surface area contributed by atoms with Gasteiger partial charge in [-0.2, -0.15) is 0 Å². The highest BCUT2D eigenvalue weighted by Crippen LogP contribution is 2.17. The molecule has 1 heterocycles. The number of guanidine groups is 1. The third-order valence-corrected chi connectivity index (χ3v) is 4.45. The Balaban J connectivity index is 2.37. The van der Waals surface area contributed by atoms with Crippen LogP contribution in [0.3, 0.4) is 0 Å². The topological polar surface area (TPSA) is 45.6 Å². The van der Waals surface area contributed by atoms with Crippen molar-refractivity contribution in [2.24, 2.45) is 10.9 Å². The zero-order chi connectivity index (χ0) is 15.7. The average Bonchev–Trinajstić information content (AvgIpc) is 2.99. The van der Waals surface area contributed by atoms with Gasteiger partial charge in [-0.15, -0.1) is 11.3 Å². The Morgan fingerprint density at radius 1 is 1.38 bits per heavy atom. The quantitative estimate of drug-likeness (QED) is 0.571. The molecule has 0 spiro atoms. The lowest BCUT2D eigenvalue weighted by Crippen LogP contribution is -2.40. The van der Waals surface area contributed by atoms with Crippen molar-refractivity contribution < 1.29 is 4.74 Å². The number of hydrogen-bond acceptors (Lipinski definition) is 3. The van der Waals surface area contributed by atoms with E-state index in [0.29, 0.717) is 12.0 Å². The molecule has 0 aliphatic carbocycles. The van der Waals surface area contributed by atoms with Crippen molar-refractivity contribution in [3.05, 3.63) is 22.4 Å². The molecule has 2 atom stereocenters. The summed E-state index contributed by atoms with van der Waals surface area (Å²) in [5.74, 6) is 1.38. The van der Waals surface area contributed by atoms with Gasteiger partial charge in [-0.1, -0.05) is 19.9 Å². The highest BCUT2D eigenvalue weighted by Gasteiger charge is 2.13. The van der Waals surface area contributed by atoms with Crippen LogP contribution in [0.25, 0.3) is 0 Å². The molecule has 2 unspecified atom stereocenters. The maximum Gasteiger partial charge on any atom is 0.191 e. The molecular formula is C16H29N3OS. The molecule has 4 nitrogen and oxygen atoms in total. The highest BCUT2D eigenvalue weighted by molar-refractivity contribution is 7.10. The predicted molar refractivity (Wildman–Crippen MR) is 92.1 cm³/mol. The normalized spacial score (nSPS) is 15.0. The van der Waals surface area contributed by atoms with Gasteiger partial charge in [-0.25, -0.2) is 0 Å². The number of thiophene rings is 1. The zero-order valence-corrected chi connectivity index (χ0v) is 14.7. The number of rotatable bonds is 8. The van der Waals surface area contributed by atoms with Crippen LogP contribution in [-0.2, 0) is 4.74 Å². The Morgan fingerprint density at radius 3 is 2.67 bits per heavy atom. The summed E-state index contributed by atoms with van der Waals surface area (Å²) in [6.07, 6.45) is 1.29.